The van der Waals surface area contributed by atoms with Gasteiger partial charge in [-0.2, -0.15) is 0 Å². The maximum atomic E-state index is 4.20. The zero-order chi connectivity index (χ0) is 12.2. The highest BCUT2D eigenvalue weighted by Crippen LogP contribution is 2.04. The maximum Gasteiger partial charge on any atom is 0.191 e. The summed E-state index contributed by atoms with van der Waals surface area (Å²) >= 11 is 0. The molecule has 0 bridgehead atoms. The van der Waals surface area contributed by atoms with Crippen LogP contribution in [0.25, 0.3) is 0 Å². The van der Waals surface area contributed by atoms with Gasteiger partial charge in [0.15, 0.2) is 5.96 Å². The molecule has 0 aromatic heterocycles. The largest absolute Gasteiger partial charge is 0.356 e. The van der Waals surface area contributed by atoms with Crippen molar-refractivity contribution in [1.82, 2.24) is 10.6 Å². The summed E-state index contributed by atoms with van der Waals surface area (Å²) in [5, 5.41) is 6.71. The fourth-order valence-electron chi connectivity index (χ4n) is 1.62. The van der Waals surface area contributed by atoms with E-state index in [0.29, 0.717) is 6.04 Å². The Morgan fingerprint density at radius 2 is 1.82 bits per heavy atom. The van der Waals surface area contributed by atoms with Gasteiger partial charge >= 0.3 is 0 Å². The average molecular weight is 355 g/mol. The molecule has 1 unspecified atom stereocenters. The second-order valence-electron chi connectivity index (χ2n) is 4.39. The lowest BCUT2D eigenvalue weighted by Crippen LogP contribution is -2.42. The monoisotopic (exact) mass is 355 g/mol. The Labute approximate surface area is 124 Å². The second kappa shape index (κ2) is 14.1. The van der Waals surface area contributed by atoms with Gasteiger partial charge < -0.3 is 10.6 Å². The number of hydrogen-bond acceptors (Lipinski definition) is 1. The Kier molecular flexibility index (Phi) is 16.0. The van der Waals surface area contributed by atoms with Crippen LogP contribution in [0.5, 0.6) is 0 Å². The van der Waals surface area contributed by atoms with Gasteiger partial charge in [0.05, 0.1) is 0 Å². The summed E-state index contributed by atoms with van der Waals surface area (Å²) in [5.41, 5.74) is 0. The minimum absolute atomic E-state index is 0. The summed E-state index contributed by atoms with van der Waals surface area (Å²) in [5.74, 6) is 0.935. The molecule has 0 heterocycles. The minimum Gasteiger partial charge on any atom is -0.356 e. The Balaban J connectivity index is 0. The maximum absolute atomic E-state index is 4.20. The van der Waals surface area contributed by atoms with Crippen LogP contribution in [0.15, 0.2) is 4.99 Å². The molecule has 2 N–H and O–H groups in total. The van der Waals surface area contributed by atoms with E-state index in [1.807, 2.05) is 7.05 Å². The average Bonchev–Trinajstić information content (AvgIpc) is 2.30. The highest BCUT2D eigenvalue weighted by atomic mass is 127. The van der Waals surface area contributed by atoms with E-state index in [9.17, 15) is 0 Å². The van der Waals surface area contributed by atoms with Gasteiger partial charge in [0.1, 0.15) is 0 Å². The second-order valence-corrected chi connectivity index (χ2v) is 4.39. The molecule has 0 aliphatic carbocycles. The van der Waals surface area contributed by atoms with E-state index in [-0.39, 0.29) is 24.0 Å². The molecule has 0 radical (unpaired) electrons. The fraction of sp³-hybridized carbons (Fsp3) is 0.923. The van der Waals surface area contributed by atoms with Crippen LogP contribution in [0, 0.1) is 0 Å². The predicted molar refractivity (Wildman–Crippen MR) is 88.4 cm³/mol. The van der Waals surface area contributed by atoms with Crippen molar-refractivity contribution in [2.45, 2.75) is 65.3 Å². The lowest BCUT2D eigenvalue weighted by molar-refractivity contribution is 0.537. The third kappa shape index (κ3) is 12.2. The first-order valence-electron chi connectivity index (χ1n) is 6.71. The molecule has 0 aliphatic heterocycles. The number of nitrogens with zero attached hydrogens (tertiary/aromatic N) is 1. The molecule has 4 heteroatoms. The highest BCUT2D eigenvalue weighted by molar-refractivity contribution is 14.0. The predicted octanol–water partition coefficient (Wildman–Crippen LogP) is 3.54. The van der Waals surface area contributed by atoms with Crippen molar-refractivity contribution in [1.29, 1.82) is 0 Å². The van der Waals surface area contributed by atoms with Crippen molar-refractivity contribution in [3.8, 4) is 0 Å². The highest BCUT2D eigenvalue weighted by Gasteiger charge is 2.03. The van der Waals surface area contributed by atoms with Crippen LogP contribution >= 0.6 is 24.0 Å². The zero-order valence-corrected chi connectivity index (χ0v) is 14.2. The lowest BCUT2D eigenvalue weighted by Gasteiger charge is -2.17. The summed E-state index contributed by atoms with van der Waals surface area (Å²) in [6.07, 6.45) is 7.69. The third-order valence-corrected chi connectivity index (χ3v) is 2.64. The molecule has 0 amide bonds. The van der Waals surface area contributed by atoms with Crippen LogP contribution in [0.3, 0.4) is 0 Å². The number of aliphatic imine (C=N–C) groups is 1. The van der Waals surface area contributed by atoms with E-state index < -0.39 is 0 Å². The number of guanidine groups is 1. The Morgan fingerprint density at radius 3 is 2.35 bits per heavy atom. The molecule has 3 nitrogen and oxygen atoms in total. The van der Waals surface area contributed by atoms with Crippen molar-refractivity contribution in [3.63, 3.8) is 0 Å². The molecular formula is C13H30IN3. The number of nitrogens with one attached hydrogen (secondary N) is 2. The van der Waals surface area contributed by atoms with E-state index in [1.54, 1.807) is 0 Å². The Bertz CT molecular complexity index is 184. The quantitative estimate of drug-likeness (QED) is 0.302. The third-order valence-electron chi connectivity index (χ3n) is 2.64. The van der Waals surface area contributed by atoms with E-state index in [4.69, 9.17) is 0 Å². The number of rotatable bonds is 8. The normalized spacial score (nSPS) is 12.8. The molecule has 0 aromatic carbocycles. The molecule has 0 saturated heterocycles. The molecule has 0 rings (SSSR count). The van der Waals surface area contributed by atoms with Crippen molar-refractivity contribution in [2.24, 2.45) is 4.99 Å². The van der Waals surface area contributed by atoms with E-state index in [1.165, 1.54) is 32.1 Å². The van der Waals surface area contributed by atoms with Crippen molar-refractivity contribution >= 4 is 29.9 Å². The molecule has 0 fully saturated rings. The summed E-state index contributed by atoms with van der Waals surface area (Å²) in [7, 11) is 1.83. The van der Waals surface area contributed by atoms with Gasteiger partial charge in [-0.15, -0.1) is 24.0 Å². The minimum atomic E-state index is 0. The van der Waals surface area contributed by atoms with Gasteiger partial charge in [-0.05, 0) is 19.8 Å². The van der Waals surface area contributed by atoms with Gasteiger partial charge in [-0.25, -0.2) is 0 Å². The summed E-state index contributed by atoms with van der Waals surface area (Å²) in [4.78, 5) is 4.20. The lowest BCUT2D eigenvalue weighted by atomic mass is 10.1. The van der Waals surface area contributed by atoms with E-state index in [0.717, 1.165) is 18.9 Å². The molecule has 0 aromatic rings. The molecule has 1 atom stereocenters. The van der Waals surface area contributed by atoms with E-state index in [2.05, 4.69) is 36.4 Å². The standard InChI is InChI=1S/C13H29N3.HI/c1-5-7-8-9-10-12(3)16-13(14-4)15-11-6-2;/h12H,5-11H2,1-4H3,(H2,14,15,16);1H. The SMILES string of the molecule is CCCCCCC(C)NC(=NC)NCCC.I. The first-order chi connectivity index (χ1) is 7.74. The summed E-state index contributed by atoms with van der Waals surface area (Å²) < 4.78 is 0. The van der Waals surface area contributed by atoms with Gasteiger partial charge in [0.2, 0.25) is 0 Å². The fourth-order valence-corrected chi connectivity index (χ4v) is 1.62. The van der Waals surface area contributed by atoms with Crippen LogP contribution in [-0.2, 0) is 0 Å². The number of halogens is 1. The summed E-state index contributed by atoms with van der Waals surface area (Å²) in [6, 6.07) is 0.514. The Morgan fingerprint density at radius 1 is 1.12 bits per heavy atom. The van der Waals surface area contributed by atoms with Crippen LogP contribution in [0.2, 0.25) is 0 Å². The molecule has 0 aliphatic rings. The molecule has 17 heavy (non-hydrogen) atoms. The first-order valence-corrected chi connectivity index (χ1v) is 6.71. The first kappa shape index (κ1) is 19.3. The van der Waals surface area contributed by atoms with Gasteiger partial charge in [0.25, 0.3) is 0 Å². The van der Waals surface area contributed by atoms with Crippen LogP contribution in [0.1, 0.15) is 59.3 Å². The molecule has 0 saturated carbocycles. The molecule has 104 valence electrons. The Hall–Kier alpha value is 0. The smallest absolute Gasteiger partial charge is 0.191 e. The van der Waals surface area contributed by atoms with Gasteiger partial charge in [0, 0.05) is 19.6 Å². The van der Waals surface area contributed by atoms with Crippen LogP contribution in [-0.4, -0.2) is 25.6 Å². The molecule has 0 spiro atoms. The van der Waals surface area contributed by atoms with Crippen LogP contribution in [0.4, 0.5) is 0 Å². The van der Waals surface area contributed by atoms with Gasteiger partial charge in [-0.1, -0.05) is 39.5 Å². The zero-order valence-electron chi connectivity index (χ0n) is 11.9. The van der Waals surface area contributed by atoms with E-state index >= 15 is 0 Å². The summed E-state index contributed by atoms with van der Waals surface area (Å²) in [6.45, 7) is 7.62. The number of unbranched alkanes of at least 4 members (excludes halogenated alkanes) is 3. The number of hydrogen-bond donors (Lipinski definition) is 2. The van der Waals surface area contributed by atoms with Crippen molar-refractivity contribution in [3.05, 3.63) is 0 Å². The van der Waals surface area contributed by atoms with Gasteiger partial charge in [-0.3, -0.25) is 4.99 Å². The van der Waals surface area contributed by atoms with Crippen LogP contribution < -0.4 is 10.6 Å². The molecular weight excluding hydrogens is 325 g/mol. The van der Waals surface area contributed by atoms with Crippen molar-refractivity contribution < 1.29 is 0 Å². The topological polar surface area (TPSA) is 36.4 Å². The van der Waals surface area contributed by atoms with Crippen molar-refractivity contribution in [2.75, 3.05) is 13.6 Å².